The van der Waals surface area contributed by atoms with Gasteiger partial charge < -0.3 is 14.8 Å². The van der Waals surface area contributed by atoms with E-state index in [1.54, 1.807) is 24.4 Å². The van der Waals surface area contributed by atoms with Gasteiger partial charge in [0.1, 0.15) is 0 Å². The molecule has 1 N–H and O–H groups in total. The molecule has 0 spiro atoms. The van der Waals surface area contributed by atoms with Crippen molar-refractivity contribution in [2.75, 3.05) is 19.5 Å². The zero-order chi connectivity index (χ0) is 19.6. The SMILES string of the molecule is CCOc1ncccc1CNC(=O)CSCc1ccc(OC)c([N+](=O)[O-])c1. The molecule has 0 fully saturated rings. The van der Waals surface area contributed by atoms with E-state index >= 15 is 0 Å². The average Bonchev–Trinajstić information content (AvgIpc) is 2.67. The van der Waals surface area contributed by atoms with E-state index in [0.717, 1.165) is 11.1 Å². The minimum atomic E-state index is -0.483. The molecule has 144 valence electrons. The Balaban J connectivity index is 1.83. The number of nitrogens with one attached hydrogen (secondary N) is 1. The summed E-state index contributed by atoms with van der Waals surface area (Å²) in [5.74, 6) is 1.32. The second kappa shape index (κ2) is 10.4. The van der Waals surface area contributed by atoms with Crippen LogP contribution >= 0.6 is 11.8 Å². The minimum Gasteiger partial charge on any atom is -0.490 e. The van der Waals surface area contributed by atoms with Gasteiger partial charge in [-0.25, -0.2) is 4.98 Å². The minimum absolute atomic E-state index is 0.0833. The molecule has 0 saturated heterocycles. The number of hydrogen-bond acceptors (Lipinski definition) is 7. The first-order valence-electron chi connectivity index (χ1n) is 8.27. The van der Waals surface area contributed by atoms with Crippen molar-refractivity contribution in [3.8, 4) is 11.6 Å². The summed E-state index contributed by atoms with van der Waals surface area (Å²) >= 11 is 1.38. The molecule has 1 aromatic heterocycles. The highest BCUT2D eigenvalue weighted by Crippen LogP contribution is 2.28. The molecule has 9 heteroatoms. The van der Waals surface area contributed by atoms with Gasteiger partial charge in [-0.05, 0) is 24.6 Å². The highest BCUT2D eigenvalue weighted by Gasteiger charge is 2.15. The van der Waals surface area contributed by atoms with E-state index in [2.05, 4.69) is 10.3 Å². The van der Waals surface area contributed by atoms with Crippen LogP contribution in [0.25, 0.3) is 0 Å². The fraction of sp³-hybridized carbons (Fsp3) is 0.333. The van der Waals surface area contributed by atoms with Crippen molar-refractivity contribution in [3.63, 3.8) is 0 Å². The van der Waals surface area contributed by atoms with E-state index in [-0.39, 0.29) is 23.1 Å². The highest BCUT2D eigenvalue weighted by molar-refractivity contribution is 7.99. The Morgan fingerprint density at radius 2 is 2.19 bits per heavy atom. The fourth-order valence-corrected chi connectivity index (χ4v) is 3.10. The molecular formula is C18H21N3O5S. The van der Waals surface area contributed by atoms with E-state index < -0.39 is 4.92 Å². The van der Waals surface area contributed by atoms with Crippen LogP contribution in [-0.2, 0) is 17.1 Å². The predicted octanol–water partition coefficient (Wildman–Crippen LogP) is 2.95. The average molecular weight is 391 g/mol. The second-order valence-corrected chi connectivity index (χ2v) is 6.42. The molecule has 27 heavy (non-hydrogen) atoms. The van der Waals surface area contributed by atoms with Gasteiger partial charge in [0.25, 0.3) is 0 Å². The largest absolute Gasteiger partial charge is 0.490 e. The zero-order valence-corrected chi connectivity index (χ0v) is 16.0. The van der Waals surface area contributed by atoms with Crippen LogP contribution in [0.5, 0.6) is 11.6 Å². The van der Waals surface area contributed by atoms with Crippen LogP contribution in [0.2, 0.25) is 0 Å². The zero-order valence-electron chi connectivity index (χ0n) is 15.1. The smallest absolute Gasteiger partial charge is 0.311 e. The van der Waals surface area contributed by atoms with E-state index in [0.29, 0.717) is 24.8 Å². The quantitative estimate of drug-likeness (QED) is 0.490. The molecule has 0 aliphatic carbocycles. The number of benzene rings is 1. The number of pyridine rings is 1. The van der Waals surface area contributed by atoms with Crippen molar-refractivity contribution in [1.82, 2.24) is 10.3 Å². The maximum atomic E-state index is 12.0. The molecule has 0 atom stereocenters. The van der Waals surface area contributed by atoms with E-state index in [9.17, 15) is 14.9 Å². The van der Waals surface area contributed by atoms with Crippen molar-refractivity contribution in [2.45, 2.75) is 19.2 Å². The number of methoxy groups -OCH3 is 1. The molecule has 0 aliphatic rings. The number of nitro groups is 1. The lowest BCUT2D eigenvalue weighted by Gasteiger charge is -2.10. The maximum absolute atomic E-state index is 12.0. The van der Waals surface area contributed by atoms with E-state index in [4.69, 9.17) is 9.47 Å². The number of hydrogen-bond donors (Lipinski definition) is 1. The third kappa shape index (κ3) is 6.14. The maximum Gasteiger partial charge on any atom is 0.311 e. The Bertz CT molecular complexity index is 800. The summed E-state index contributed by atoms with van der Waals surface area (Å²) in [5, 5.41) is 13.9. The van der Waals surface area contributed by atoms with Crippen molar-refractivity contribution in [1.29, 1.82) is 0 Å². The lowest BCUT2D eigenvalue weighted by Crippen LogP contribution is -2.25. The number of carbonyl (C=O) groups is 1. The molecule has 0 aliphatic heterocycles. The Labute approximate surface area is 161 Å². The van der Waals surface area contributed by atoms with Crippen LogP contribution in [0.3, 0.4) is 0 Å². The monoisotopic (exact) mass is 391 g/mol. The van der Waals surface area contributed by atoms with Gasteiger partial charge in [0, 0.05) is 30.1 Å². The normalized spacial score (nSPS) is 10.3. The number of thioether (sulfide) groups is 1. The molecule has 0 radical (unpaired) electrons. The summed E-state index contributed by atoms with van der Waals surface area (Å²) in [7, 11) is 1.39. The van der Waals surface area contributed by atoms with Crippen LogP contribution < -0.4 is 14.8 Å². The molecular weight excluding hydrogens is 370 g/mol. The molecule has 0 bridgehead atoms. The number of amides is 1. The van der Waals surface area contributed by atoms with Gasteiger partial charge in [-0.3, -0.25) is 14.9 Å². The van der Waals surface area contributed by atoms with Gasteiger partial charge >= 0.3 is 5.69 Å². The Morgan fingerprint density at radius 1 is 1.37 bits per heavy atom. The van der Waals surface area contributed by atoms with E-state index in [1.807, 2.05) is 13.0 Å². The summed E-state index contributed by atoms with van der Waals surface area (Å²) in [6.07, 6.45) is 1.64. The molecule has 1 aromatic carbocycles. The van der Waals surface area contributed by atoms with Gasteiger partial charge in [-0.15, -0.1) is 11.8 Å². The first kappa shape index (κ1) is 20.5. The van der Waals surface area contributed by atoms with Crippen LogP contribution in [-0.4, -0.2) is 35.3 Å². The predicted molar refractivity (Wildman–Crippen MR) is 103 cm³/mol. The number of aromatic nitrogens is 1. The molecule has 1 heterocycles. The van der Waals surface area contributed by atoms with Gasteiger partial charge in [-0.2, -0.15) is 0 Å². The van der Waals surface area contributed by atoms with E-state index in [1.165, 1.54) is 24.9 Å². The Kier molecular flexibility index (Phi) is 7.87. The summed E-state index contributed by atoms with van der Waals surface area (Å²) in [6, 6.07) is 8.41. The number of carbonyl (C=O) groups excluding carboxylic acids is 1. The van der Waals surface area contributed by atoms with Crippen LogP contribution in [0.4, 0.5) is 5.69 Å². The molecule has 2 aromatic rings. The number of nitro benzene ring substituents is 1. The van der Waals surface area contributed by atoms with Crippen molar-refractivity contribution in [3.05, 3.63) is 57.8 Å². The first-order chi connectivity index (χ1) is 13.0. The van der Waals surface area contributed by atoms with Gasteiger partial charge in [0.05, 0.1) is 24.4 Å². The highest BCUT2D eigenvalue weighted by atomic mass is 32.2. The number of rotatable bonds is 10. The van der Waals surface area contributed by atoms with Gasteiger partial charge in [0.15, 0.2) is 5.75 Å². The Morgan fingerprint density at radius 3 is 2.89 bits per heavy atom. The summed E-state index contributed by atoms with van der Waals surface area (Å²) in [5.41, 5.74) is 1.48. The van der Waals surface area contributed by atoms with Crippen LogP contribution in [0.15, 0.2) is 36.5 Å². The third-order valence-corrected chi connectivity index (χ3v) is 4.55. The molecule has 1 amide bonds. The van der Waals surface area contributed by atoms with Crippen LogP contribution in [0.1, 0.15) is 18.1 Å². The molecule has 8 nitrogen and oxygen atoms in total. The Hall–Kier alpha value is -2.81. The van der Waals surface area contributed by atoms with Crippen molar-refractivity contribution in [2.24, 2.45) is 0 Å². The third-order valence-electron chi connectivity index (χ3n) is 3.55. The van der Waals surface area contributed by atoms with Crippen LogP contribution in [0, 0.1) is 10.1 Å². The summed E-state index contributed by atoms with van der Waals surface area (Å²) in [6.45, 7) is 2.70. The molecule has 0 unspecified atom stereocenters. The van der Waals surface area contributed by atoms with Crippen molar-refractivity contribution < 1.29 is 19.2 Å². The topological polar surface area (TPSA) is 104 Å². The fourth-order valence-electron chi connectivity index (χ4n) is 2.30. The summed E-state index contributed by atoms with van der Waals surface area (Å²) < 4.78 is 10.4. The first-order valence-corrected chi connectivity index (χ1v) is 9.43. The second-order valence-electron chi connectivity index (χ2n) is 5.43. The summed E-state index contributed by atoms with van der Waals surface area (Å²) in [4.78, 5) is 26.7. The lowest BCUT2D eigenvalue weighted by molar-refractivity contribution is -0.385. The van der Waals surface area contributed by atoms with Gasteiger partial charge in [0.2, 0.25) is 11.8 Å². The standard InChI is InChI=1S/C18H21N3O5S/c1-3-26-18-14(5-4-8-19-18)10-20-17(22)12-27-11-13-6-7-16(25-2)15(9-13)21(23)24/h4-9H,3,10-12H2,1-2H3,(H,20,22). The molecule has 2 rings (SSSR count). The number of ether oxygens (including phenoxy) is 2. The van der Waals surface area contributed by atoms with Gasteiger partial charge in [-0.1, -0.05) is 12.1 Å². The lowest BCUT2D eigenvalue weighted by atomic mass is 10.2. The molecule has 0 saturated carbocycles. The number of nitrogens with zero attached hydrogens (tertiary/aromatic N) is 2. The van der Waals surface area contributed by atoms with Crippen molar-refractivity contribution >= 4 is 23.4 Å².